The summed E-state index contributed by atoms with van der Waals surface area (Å²) >= 11 is 0. The van der Waals surface area contributed by atoms with E-state index in [2.05, 4.69) is 11.2 Å². The van der Waals surface area contributed by atoms with Gasteiger partial charge >= 0.3 is 0 Å². The van der Waals surface area contributed by atoms with Crippen LogP contribution in [0.15, 0.2) is 0 Å². The van der Waals surface area contributed by atoms with Gasteiger partial charge in [0.05, 0.1) is 6.04 Å². The van der Waals surface area contributed by atoms with Crippen LogP contribution in [0.25, 0.3) is 0 Å². The van der Waals surface area contributed by atoms with Crippen molar-refractivity contribution < 1.29 is 4.79 Å². The molecular formula is C12H22N2O. The summed E-state index contributed by atoms with van der Waals surface area (Å²) in [6.07, 6.45) is 7.32. The van der Waals surface area contributed by atoms with Gasteiger partial charge < -0.3 is 11.1 Å². The molecule has 0 aliphatic carbocycles. The number of hydrogen-bond acceptors (Lipinski definition) is 2. The molecule has 1 unspecified atom stereocenters. The SMILES string of the molecule is C#CCC(CC)NC(=O)[C@H](N)CC(C)C. The van der Waals surface area contributed by atoms with Gasteiger partial charge in [0.15, 0.2) is 0 Å². The molecule has 0 fully saturated rings. The Morgan fingerprint density at radius 3 is 2.53 bits per heavy atom. The first-order valence-corrected chi connectivity index (χ1v) is 5.50. The first-order chi connectivity index (χ1) is 7.01. The largest absolute Gasteiger partial charge is 0.351 e. The Balaban J connectivity index is 4.05. The highest BCUT2D eigenvalue weighted by atomic mass is 16.2. The number of nitrogens with two attached hydrogens (primary N) is 1. The monoisotopic (exact) mass is 210 g/mol. The lowest BCUT2D eigenvalue weighted by Gasteiger charge is -2.19. The Labute approximate surface area is 92.8 Å². The summed E-state index contributed by atoms with van der Waals surface area (Å²) < 4.78 is 0. The van der Waals surface area contributed by atoms with Gasteiger partial charge in [-0.25, -0.2) is 0 Å². The zero-order valence-corrected chi connectivity index (χ0v) is 9.92. The van der Waals surface area contributed by atoms with Crippen LogP contribution in [0.1, 0.15) is 40.0 Å². The van der Waals surface area contributed by atoms with Gasteiger partial charge in [-0.15, -0.1) is 12.3 Å². The van der Waals surface area contributed by atoms with Crippen LogP contribution in [0.2, 0.25) is 0 Å². The zero-order valence-electron chi connectivity index (χ0n) is 9.92. The van der Waals surface area contributed by atoms with E-state index in [1.807, 2.05) is 20.8 Å². The van der Waals surface area contributed by atoms with Crippen LogP contribution in [0.3, 0.4) is 0 Å². The van der Waals surface area contributed by atoms with Crippen LogP contribution in [-0.2, 0) is 4.79 Å². The van der Waals surface area contributed by atoms with Crippen molar-refractivity contribution in [3.63, 3.8) is 0 Å². The lowest BCUT2D eigenvalue weighted by molar-refractivity contribution is -0.123. The molecule has 0 bridgehead atoms. The number of amides is 1. The second-order valence-corrected chi connectivity index (χ2v) is 4.26. The van der Waals surface area contributed by atoms with Gasteiger partial charge in [0.2, 0.25) is 5.91 Å². The summed E-state index contributed by atoms with van der Waals surface area (Å²) in [6.45, 7) is 6.09. The van der Waals surface area contributed by atoms with Crippen LogP contribution in [0.5, 0.6) is 0 Å². The number of terminal acetylenes is 1. The molecule has 0 aromatic carbocycles. The van der Waals surface area contributed by atoms with Crippen molar-refractivity contribution in [2.75, 3.05) is 0 Å². The Kier molecular flexibility index (Phi) is 6.81. The van der Waals surface area contributed by atoms with Gasteiger partial charge in [0, 0.05) is 12.5 Å². The van der Waals surface area contributed by atoms with Gasteiger partial charge in [0.25, 0.3) is 0 Å². The standard InChI is InChI=1S/C12H22N2O/c1-5-7-10(6-2)14-12(15)11(13)8-9(3)4/h1,9-11H,6-8,13H2,2-4H3,(H,14,15)/t10?,11-/m1/s1. The molecule has 0 aromatic rings. The van der Waals surface area contributed by atoms with Gasteiger partial charge in [0.1, 0.15) is 0 Å². The smallest absolute Gasteiger partial charge is 0.237 e. The number of nitrogens with one attached hydrogen (secondary N) is 1. The third-order valence-electron chi connectivity index (χ3n) is 2.27. The topological polar surface area (TPSA) is 55.1 Å². The first kappa shape index (κ1) is 14.0. The predicted molar refractivity (Wildman–Crippen MR) is 63.1 cm³/mol. The van der Waals surface area contributed by atoms with E-state index in [0.29, 0.717) is 18.8 Å². The van der Waals surface area contributed by atoms with Crippen molar-refractivity contribution in [1.82, 2.24) is 5.32 Å². The van der Waals surface area contributed by atoms with E-state index >= 15 is 0 Å². The molecule has 0 aliphatic rings. The quantitative estimate of drug-likeness (QED) is 0.649. The maximum atomic E-state index is 11.6. The second-order valence-electron chi connectivity index (χ2n) is 4.26. The minimum atomic E-state index is -0.420. The molecule has 3 nitrogen and oxygen atoms in total. The fraction of sp³-hybridized carbons (Fsp3) is 0.750. The van der Waals surface area contributed by atoms with Crippen LogP contribution >= 0.6 is 0 Å². The van der Waals surface area contributed by atoms with E-state index in [9.17, 15) is 4.79 Å². The third-order valence-corrected chi connectivity index (χ3v) is 2.27. The van der Waals surface area contributed by atoms with Crippen LogP contribution < -0.4 is 11.1 Å². The summed E-state index contributed by atoms with van der Waals surface area (Å²) in [4.78, 5) is 11.6. The fourth-order valence-corrected chi connectivity index (χ4v) is 1.36. The van der Waals surface area contributed by atoms with E-state index in [1.54, 1.807) is 0 Å². The molecule has 2 atom stereocenters. The van der Waals surface area contributed by atoms with Crippen molar-refractivity contribution in [2.24, 2.45) is 11.7 Å². The fourth-order valence-electron chi connectivity index (χ4n) is 1.36. The Morgan fingerprint density at radius 1 is 1.53 bits per heavy atom. The minimum Gasteiger partial charge on any atom is -0.351 e. The highest BCUT2D eigenvalue weighted by molar-refractivity contribution is 5.81. The van der Waals surface area contributed by atoms with E-state index in [4.69, 9.17) is 12.2 Å². The Morgan fingerprint density at radius 2 is 2.13 bits per heavy atom. The normalized spacial score (nSPS) is 14.4. The Hall–Kier alpha value is -1.01. The molecule has 0 heterocycles. The van der Waals surface area contributed by atoms with Crippen LogP contribution in [0, 0.1) is 18.3 Å². The molecule has 0 aliphatic heterocycles. The van der Waals surface area contributed by atoms with Crippen molar-refractivity contribution in [3.05, 3.63) is 0 Å². The molecule has 0 saturated carbocycles. The number of carbonyl (C=O) groups is 1. The van der Waals surface area contributed by atoms with Gasteiger partial charge in [-0.1, -0.05) is 20.8 Å². The van der Waals surface area contributed by atoms with Crippen molar-refractivity contribution in [3.8, 4) is 12.3 Å². The molecule has 0 rings (SSSR count). The van der Waals surface area contributed by atoms with Crippen molar-refractivity contribution >= 4 is 5.91 Å². The predicted octanol–water partition coefficient (Wildman–Crippen LogP) is 1.28. The van der Waals surface area contributed by atoms with E-state index in [0.717, 1.165) is 6.42 Å². The molecule has 0 saturated heterocycles. The van der Waals surface area contributed by atoms with Crippen LogP contribution in [-0.4, -0.2) is 18.0 Å². The lowest BCUT2D eigenvalue weighted by Crippen LogP contribution is -2.45. The molecule has 0 radical (unpaired) electrons. The first-order valence-electron chi connectivity index (χ1n) is 5.50. The number of carbonyl (C=O) groups excluding carboxylic acids is 1. The summed E-state index contributed by atoms with van der Waals surface area (Å²) in [5.74, 6) is 2.89. The molecule has 3 heteroatoms. The molecule has 3 N–H and O–H groups in total. The second kappa shape index (κ2) is 7.30. The maximum Gasteiger partial charge on any atom is 0.237 e. The highest BCUT2D eigenvalue weighted by Gasteiger charge is 2.17. The summed E-state index contributed by atoms with van der Waals surface area (Å²) in [6, 6.07) is -0.363. The van der Waals surface area contributed by atoms with E-state index < -0.39 is 6.04 Å². The van der Waals surface area contributed by atoms with Crippen molar-refractivity contribution in [2.45, 2.75) is 52.1 Å². The molecule has 15 heavy (non-hydrogen) atoms. The van der Waals surface area contributed by atoms with Crippen LogP contribution in [0.4, 0.5) is 0 Å². The number of rotatable bonds is 6. The van der Waals surface area contributed by atoms with Crippen molar-refractivity contribution in [1.29, 1.82) is 0 Å². The highest BCUT2D eigenvalue weighted by Crippen LogP contribution is 2.04. The average Bonchev–Trinajstić information content (AvgIpc) is 2.15. The minimum absolute atomic E-state index is 0.0562. The third kappa shape index (κ3) is 6.14. The molecule has 0 aromatic heterocycles. The van der Waals surface area contributed by atoms with Gasteiger partial charge in [-0.2, -0.15) is 0 Å². The molecular weight excluding hydrogens is 188 g/mol. The molecule has 0 spiro atoms. The van der Waals surface area contributed by atoms with Gasteiger partial charge in [-0.05, 0) is 18.8 Å². The van der Waals surface area contributed by atoms with Gasteiger partial charge in [-0.3, -0.25) is 4.79 Å². The molecule has 1 amide bonds. The van der Waals surface area contributed by atoms with E-state index in [-0.39, 0.29) is 11.9 Å². The van der Waals surface area contributed by atoms with E-state index in [1.165, 1.54) is 0 Å². The number of hydrogen-bond donors (Lipinski definition) is 2. The average molecular weight is 210 g/mol. The molecule has 86 valence electrons. The summed E-state index contributed by atoms with van der Waals surface area (Å²) in [5, 5.41) is 2.87. The lowest BCUT2D eigenvalue weighted by atomic mass is 10.0. The zero-order chi connectivity index (χ0) is 11.8. The summed E-state index contributed by atoms with van der Waals surface area (Å²) in [7, 11) is 0. The Bertz CT molecular complexity index is 230. The maximum absolute atomic E-state index is 11.6. The summed E-state index contributed by atoms with van der Waals surface area (Å²) in [5.41, 5.74) is 5.75.